The molecule has 102 valence electrons. The number of benzene rings is 1. The van der Waals surface area contributed by atoms with Crippen LogP contribution in [0.15, 0.2) is 23.1 Å². The van der Waals surface area contributed by atoms with Gasteiger partial charge < -0.3 is 5.11 Å². The molecule has 0 aromatic heterocycles. The van der Waals surface area contributed by atoms with Gasteiger partial charge in [-0.3, -0.25) is 0 Å². The van der Waals surface area contributed by atoms with Crippen molar-refractivity contribution in [2.24, 2.45) is 0 Å². The summed E-state index contributed by atoms with van der Waals surface area (Å²) in [7, 11) is -3.52. The number of hydrogen-bond donors (Lipinski definition) is 2. The van der Waals surface area contributed by atoms with Crippen LogP contribution in [0.1, 0.15) is 12.0 Å². The van der Waals surface area contributed by atoms with Gasteiger partial charge in [-0.2, -0.15) is 11.8 Å². The second-order valence-corrected chi connectivity index (χ2v) is 6.82. The first-order valence-corrected chi connectivity index (χ1v) is 8.64. The van der Waals surface area contributed by atoms with Crippen molar-refractivity contribution in [3.63, 3.8) is 0 Å². The van der Waals surface area contributed by atoms with E-state index < -0.39 is 10.0 Å². The van der Waals surface area contributed by atoms with Gasteiger partial charge in [-0.15, -0.1) is 0 Å². The summed E-state index contributed by atoms with van der Waals surface area (Å²) in [5.41, 5.74) is 0.406. The van der Waals surface area contributed by atoms with E-state index in [-0.39, 0.29) is 11.5 Å². The molecular weight excluding hydrogens is 294 g/mol. The van der Waals surface area contributed by atoms with Crippen LogP contribution in [-0.4, -0.2) is 32.1 Å². The number of thioether (sulfide) groups is 1. The highest BCUT2D eigenvalue weighted by Crippen LogP contribution is 2.20. The van der Waals surface area contributed by atoms with Gasteiger partial charge in [0.15, 0.2) is 0 Å². The fraction of sp³-hybridized carbons (Fsp3) is 0.455. The maximum absolute atomic E-state index is 11.9. The zero-order chi connectivity index (χ0) is 13.6. The number of rotatable bonds is 7. The molecule has 0 saturated carbocycles. The van der Waals surface area contributed by atoms with Crippen LogP contribution < -0.4 is 4.72 Å². The number of sulfonamides is 1. The lowest BCUT2D eigenvalue weighted by Crippen LogP contribution is -2.25. The van der Waals surface area contributed by atoms with Gasteiger partial charge in [0.1, 0.15) is 0 Å². The van der Waals surface area contributed by atoms with Crippen molar-refractivity contribution in [3.05, 3.63) is 28.8 Å². The van der Waals surface area contributed by atoms with E-state index in [9.17, 15) is 8.42 Å². The average molecular weight is 310 g/mol. The highest BCUT2D eigenvalue weighted by molar-refractivity contribution is 7.98. The zero-order valence-electron chi connectivity index (χ0n) is 10.0. The molecule has 4 nitrogen and oxygen atoms in total. The smallest absolute Gasteiger partial charge is 0.240 e. The molecule has 0 bridgehead atoms. The van der Waals surface area contributed by atoms with E-state index >= 15 is 0 Å². The first-order valence-electron chi connectivity index (χ1n) is 5.39. The fourth-order valence-corrected chi connectivity index (χ4v) is 3.08. The Balaban J connectivity index is 2.78. The summed E-state index contributed by atoms with van der Waals surface area (Å²) >= 11 is 7.48. The lowest BCUT2D eigenvalue weighted by molar-refractivity contribution is 0.281. The molecule has 1 rings (SSSR count). The van der Waals surface area contributed by atoms with Crippen molar-refractivity contribution in [1.29, 1.82) is 0 Å². The maximum Gasteiger partial charge on any atom is 0.240 e. The SMILES string of the molecule is CSCCCNS(=O)(=O)c1ccc(Cl)c(CO)c1. The minimum Gasteiger partial charge on any atom is -0.392 e. The van der Waals surface area contributed by atoms with E-state index in [2.05, 4.69) is 4.72 Å². The molecule has 0 unspecified atom stereocenters. The van der Waals surface area contributed by atoms with Crippen LogP contribution in [-0.2, 0) is 16.6 Å². The maximum atomic E-state index is 11.9. The van der Waals surface area contributed by atoms with Gasteiger partial charge in [-0.05, 0) is 42.2 Å². The Morgan fingerprint density at radius 2 is 2.17 bits per heavy atom. The van der Waals surface area contributed by atoms with Crippen LogP contribution in [0.25, 0.3) is 0 Å². The fourth-order valence-electron chi connectivity index (χ4n) is 1.35. The summed E-state index contributed by atoms with van der Waals surface area (Å²) in [6.45, 7) is 0.120. The largest absolute Gasteiger partial charge is 0.392 e. The number of halogens is 1. The highest BCUT2D eigenvalue weighted by atomic mass is 35.5. The number of aliphatic hydroxyl groups excluding tert-OH is 1. The van der Waals surface area contributed by atoms with Crippen molar-refractivity contribution < 1.29 is 13.5 Å². The Morgan fingerprint density at radius 3 is 2.78 bits per heavy atom. The van der Waals surface area contributed by atoms with Crippen molar-refractivity contribution in [2.45, 2.75) is 17.9 Å². The molecule has 18 heavy (non-hydrogen) atoms. The number of hydrogen-bond acceptors (Lipinski definition) is 4. The van der Waals surface area contributed by atoms with E-state index in [1.54, 1.807) is 11.8 Å². The highest BCUT2D eigenvalue weighted by Gasteiger charge is 2.14. The summed E-state index contributed by atoms with van der Waals surface area (Å²) < 4.78 is 26.4. The molecule has 1 aromatic rings. The standard InChI is InChI=1S/C11H16ClNO3S2/c1-17-6-2-5-13-18(15,16)10-3-4-11(12)9(7-10)8-14/h3-4,7,13-14H,2,5-6,8H2,1H3. The molecule has 0 aliphatic rings. The zero-order valence-corrected chi connectivity index (χ0v) is 12.4. The van der Waals surface area contributed by atoms with Crippen LogP contribution in [0.5, 0.6) is 0 Å². The molecule has 0 fully saturated rings. The van der Waals surface area contributed by atoms with Gasteiger partial charge >= 0.3 is 0 Å². The van der Waals surface area contributed by atoms with E-state index in [4.69, 9.17) is 16.7 Å². The van der Waals surface area contributed by atoms with Gasteiger partial charge in [0.2, 0.25) is 10.0 Å². The molecule has 0 spiro atoms. The van der Waals surface area contributed by atoms with Gasteiger partial charge in [0, 0.05) is 11.6 Å². The van der Waals surface area contributed by atoms with E-state index in [0.29, 0.717) is 17.1 Å². The first-order chi connectivity index (χ1) is 8.51. The van der Waals surface area contributed by atoms with Crippen LogP contribution >= 0.6 is 23.4 Å². The third kappa shape index (κ3) is 4.44. The molecule has 0 heterocycles. The number of aliphatic hydroxyl groups is 1. The van der Waals surface area contributed by atoms with Crippen molar-refractivity contribution in [3.8, 4) is 0 Å². The van der Waals surface area contributed by atoms with Gasteiger partial charge in [0.25, 0.3) is 0 Å². The van der Waals surface area contributed by atoms with Crippen LogP contribution in [0.2, 0.25) is 5.02 Å². The number of nitrogens with one attached hydrogen (secondary N) is 1. The summed E-state index contributed by atoms with van der Waals surface area (Å²) in [6.07, 6.45) is 2.75. The summed E-state index contributed by atoms with van der Waals surface area (Å²) in [5, 5.41) is 9.41. The molecule has 0 amide bonds. The molecule has 0 saturated heterocycles. The third-order valence-electron chi connectivity index (χ3n) is 2.32. The quantitative estimate of drug-likeness (QED) is 0.755. The predicted octanol–water partition coefficient (Wildman–Crippen LogP) is 1.86. The Bertz CT molecular complexity index is 491. The molecule has 1 aromatic carbocycles. The Morgan fingerprint density at radius 1 is 1.44 bits per heavy atom. The molecule has 0 aliphatic heterocycles. The molecular formula is C11H16ClNO3S2. The lowest BCUT2D eigenvalue weighted by atomic mass is 10.2. The molecule has 2 N–H and O–H groups in total. The average Bonchev–Trinajstić information content (AvgIpc) is 2.35. The van der Waals surface area contributed by atoms with Crippen molar-refractivity contribution >= 4 is 33.4 Å². The van der Waals surface area contributed by atoms with E-state index in [0.717, 1.165) is 12.2 Å². The van der Waals surface area contributed by atoms with Crippen LogP contribution in [0.3, 0.4) is 0 Å². The van der Waals surface area contributed by atoms with Gasteiger partial charge in [-0.25, -0.2) is 13.1 Å². The predicted molar refractivity (Wildman–Crippen MR) is 75.6 cm³/mol. The summed E-state index contributed by atoms with van der Waals surface area (Å²) in [6, 6.07) is 4.29. The lowest BCUT2D eigenvalue weighted by Gasteiger charge is -2.08. The van der Waals surface area contributed by atoms with Crippen LogP contribution in [0.4, 0.5) is 0 Å². The van der Waals surface area contributed by atoms with Crippen molar-refractivity contribution in [2.75, 3.05) is 18.6 Å². The summed E-state index contributed by atoms with van der Waals surface area (Å²) in [4.78, 5) is 0.125. The summed E-state index contributed by atoms with van der Waals surface area (Å²) in [5.74, 6) is 0.908. The monoisotopic (exact) mass is 309 g/mol. The van der Waals surface area contributed by atoms with E-state index in [1.807, 2.05) is 6.26 Å². The van der Waals surface area contributed by atoms with E-state index in [1.165, 1.54) is 18.2 Å². The molecule has 0 radical (unpaired) electrons. The Kier molecular flexibility index (Phi) is 6.45. The second-order valence-electron chi connectivity index (χ2n) is 3.66. The minimum absolute atomic E-state index is 0.125. The van der Waals surface area contributed by atoms with Crippen molar-refractivity contribution in [1.82, 2.24) is 4.72 Å². The van der Waals surface area contributed by atoms with Crippen LogP contribution in [0, 0.1) is 0 Å². The minimum atomic E-state index is -3.52. The normalized spacial score (nSPS) is 11.7. The molecule has 0 aliphatic carbocycles. The van der Waals surface area contributed by atoms with Gasteiger partial charge in [-0.1, -0.05) is 11.6 Å². The topological polar surface area (TPSA) is 66.4 Å². The first kappa shape index (κ1) is 15.8. The third-order valence-corrected chi connectivity index (χ3v) is 4.84. The molecule has 0 atom stereocenters. The van der Waals surface area contributed by atoms with Gasteiger partial charge in [0.05, 0.1) is 11.5 Å². The molecule has 7 heteroatoms. The Labute approximate surface area is 117 Å². The Hall–Kier alpha value is -0.270. The second kappa shape index (κ2) is 7.35.